The summed E-state index contributed by atoms with van der Waals surface area (Å²) < 4.78 is 5.78. The van der Waals surface area contributed by atoms with Gasteiger partial charge in [-0.25, -0.2) is 9.97 Å². The first kappa shape index (κ1) is 17.7. The second-order valence-electron chi connectivity index (χ2n) is 6.10. The van der Waals surface area contributed by atoms with E-state index < -0.39 is 0 Å². The van der Waals surface area contributed by atoms with Crippen molar-refractivity contribution >= 4 is 29.3 Å². The van der Waals surface area contributed by atoms with Gasteiger partial charge in [-0.1, -0.05) is 18.2 Å². The third kappa shape index (κ3) is 3.92. The molecule has 1 aliphatic heterocycles. The fourth-order valence-corrected chi connectivity index (χ4v) is 3.11. The lowest BCUT2D eigenvalue weighted by Gasteiger charge is -2.36. The van der Waals surface area contributed by atoms with Crippen LogP contribution in [-0.2, 0) is 0 Å². The van der Waals surface area contributed by atoms with Gasteiger partial charge in [0.25, 0.3) is 0 Å². The van der Waals surface area contributed by atoms with Crippen molar-refractivity contribution in [3.05, 3.63) is 54.6 Å². The second kappa shape index (κ2) is 7.82. The van der Waals surface area contributed by atoms with E-state index in [9.17, 15) is 0 Å². The SMILES string of the molecule is Cl.NC(CN1CCN(c2ccccn2)CC1)c1nc2ccccc2o1. The first-order chi connectivity index (χ1) is 11.8. The Morgan fingerprint density at radius 3 is 2.52 bits per heavy atom. The van der Waals surface area contributed by atoms with Crippen molar-refractivity contribution in [2.75, 3.05) is 37.6 Å². The lowest BCUT2D eigenvalue weighted by Crippen LogP contribution is -2.48. The van der Waals surface area contributed by atoms with Crippen LogP contribution in [0.2, 0.25) is 0 Å². The highest BCUT2D eigenvalue weighted by atomic mass is 35.5. The molecular formula is C18H22ClN5O. The molecule has 2 aromatic heterocycles. The maximum absolute atomic E-state index is 6.31. The lowest BCUT2D eigenvalue weighted by atomic mass is 10.2. The lowest BCUT2D eigenvalue weighted by molar-refractivity contribution is 0.232. The van der Waals surface area contributed by atoms with Gasteiger partial charge in [0.1, 0.15) is 11.3 Å². The van der Waals surface area contributed by atoms with Gasteiger partial charge < -0.3 is 15.1 Å². The Labute approximate surface area is 153 Å². The van der Waals surface area contributed by atoms with Crippen LogP contribution in [0.1, 0.15) is 11.9 Å². The molecule has 3 heterocycles. The molecule has 25 heavy (non-hydrogen) atoms. The van der Waals surface area contributed by atoms with Crippen LogP contribution >= 0.6 is 12.4 Å². The molecule has 132 valence electrons. The fourth-order valence-electron chi connectivity index (χ4n) is 3.11. The molecule has 1 fully saturated rings. The number of para-hydroxylation sites is 2. The van der Waals surface area contributed by atoms with Crippen molar-refractivity contribution in [2.45, 2.75) is 6.04 Å². The van der Waals surface area contributed by atoms with Crippen LogP contribution in [0.25, 0.3) is 11.1 Å². The number of hydrogen-bond donors (Lipinski definition) is 1. The van der Waals surface area contributed by atoms with E-state index in [0.717, 1.165) is 49.6 Å². The summed E-state index contributed by atoms with van der Waals surface area (Å²) in [6.45, 7) is 4.59. The maximum atomic E-state index is 6.31. The predicted molar refractivity (Wildman–Crippen MR) is 101 cm³/mol. The van der Waals surface area contributed by atoms with E-state index in [1.807, 2.05) is 42.6 Å². The second-order valence-corrected chi connectivity index (χ2v) is 6.10. The van der Waals surface area contributed by atoms with Gasteiger partial charge in [-0.15, -0.1) is 12.4 Å². The minimum atomic E-state index is -0.209. The molecule has 0 aliphatic carbocycles. The molecule has 4 rings (SSSR count). The van der Waals surface area contributed by atoms with Crippen molar-refractivity contribution in [2.24, 2.45) is 5.73 Å². The maximum Gasteiger partial charge on any atom is 0.213 e. The largest absolute Gasteiger partial charge is 0.439 e. The molecule has 1 atom stereocenters. The number of anilines is 1. The van der Waals surface area contributed by atoms with Crippen LogP contribution in [0, 0.1) is 0 Å². The Morgan fingerprint density at radius 2 is 1.80 bits per heavy atom. The molecule has 0 bridgehead atoms. The summed E-state index contributed by atoms with van der Waals surface area (Å²) in [5, 5.41) is 0. The number of nitrogens with zero attached hydrogens (tertiary/aromatic N) is 4. The molecule has 1 saturated heterocycles. The van der Waals surface area contributed by atoms with Gasteiger partial charge in [-0.2, -0.15) is 0 Å². The van der Waals surface area contributed by atoms with E-state index in [1.54, 1.807) is 0 Å². The molecular weight excluding hydrogens is 338 g/mol. The summed E-state index contributed by atoms with van der Waals surface area (Å²) in [5.74, 6) is 1.66. The molecule has 7 heteroatoms. The minimum Gasteiger partial charge on any atom is -0.439 e. The van der Waals surface area contributed by atoms with Gasteiger partial charge >= 0.3 is 0 Å². The van der Waals surface area contributed by atoms with Crippen LogP contribution < -0.4 is 10.6 Å². The van der Waals surface area contributed by atoms with Crippen LogP contribution in [0.15, 0.2) is 53.1 Å². The summed E-state index contributed by atoms with van der Waals surface area (Å²) in [4.78, 5) is 13.6. The summed E-state index contributed by atoms with van der Waals surface area (Å²) in [6, 6.07) is 13.6. The monoisotopic (exact) mass is 359 g/mol. The van der Waals surface area contributed by atoms with Crippen molar-refractivity contribution < 1.29 is 4.42 Å². The van der Waals surface area contributed by atoms with Crippen molar-refractivity contribution in [1.82, 2.24) is 14.9 Å². The average Bonchev–Trinajstić information content (AvgIpc) is 3.07. The Kier molecular flexibility index (Phi) is 5.53. The molecule has 1 aliphatic rings. The first-order valence-electron chi connectivity index (χ1n) is 8.29. The number of fused-ring (bicyclic) bond motifs is 1. The van der Waals surface area contributed by atoms with E-state index in [1.165, 1.54) is 0 Å². The number of oxazole rings is 1. The molecule has 2 N–H and O–H groups in total. The zero-order valence-corrected chi connectivity index (χ0v) is 14.7. The average molecular weight is 360 g/mol. The Morgan fingerprint density at radius 1 is 1.04 bits per heavy atom. The van der Waals surface area contributed by atoms with Gasteiger partial charge in [-0.05, 0) is 24.3 Å². The highest BCUT2D eigenvalue weighted by Crippen LogP contribution is 2.20. The zero-order chi connectivity index (χ0) is 16.4. The van der Waals surface area contributed by atoms with E-state index in [-0.39, 0.29) is 18.4 Å². The number of hydrogen-bond acceptors (Lipinski definition) is 6. The number of aromatic nitrogens is 2. The standard InChI is InChI=1S/C18H21N5O.ClH/c19-14(18-21-15-5-1-2-6-16(15)24-18)13-22-9-11-23(12-10-22)17-7-3-4-8-20-17;/h1-8,14H,9-13,19H2;1H. The molecule has 1 aromatic carbocycles. The van der Waals surface area contributed by atoms with E-state index in [0.29, 0.717) is 5.89 Å². The minimum absolute atomic E-state index is 0. The van der Waals surface area contributed by atoms with Crippen LogP contribution in [0.3, 0.4) is 0 Å². The van der Waals surface area contributed by atoms with Crippen molar-refractivity contribution in [3.8, 4) is 0 Å². The molecule has 3 aromatic rings. The van der Waals surface area contributed by atoms with Crippen LogP contribution in [0.4, 0.5) is 5.82 Å². The third-order valence-electron chi connectivity index (χ3n) is 4.43. The summed E-state index contributed by atoms with van der Waals surface area (Å²) in [5.41, 5.74) is 7.97. The topological polar surface area (TPSA) is 71.4 Å². The van der Waals surface area contributed by atoms with Gasteiger partial charge in [0, 0.05) is 38.9 Å². The van der Waals surface area contributed by atoms with Gasteiger partial charge in [0.05, 0.1) is 6.04 Å². The number of nitrogens with two attached hydrogens (primary N) is 1. The molecule has 0 amide bonds. The Bertz CT molecular complexity index is 768. The van der Waals surface area contributed by atoms with Crippen molar-refractivity contribution in [3.63, 3.8) is 0 Å². The van der Waals surface area contributed by atoms with Crippen molar-refractivity contribution in [1.29, 1.82) is 0 Å². The first-order valence-corrected chi connectivity index (χ1v) is 8.29. The predicted octanol–water partition coefficient (Wildman–Crippen LogP) is 2.47. The van der Waals surface area contributed by atoms with Gasteiger partial charge in [0.15, 0.2) is 5.58 Å². The fraction of sp³-hybridized carbons (Fsp3) is 0.333. The summed E-state index contributed by atoms with van der Waals surface area (Å²) in [6.07, 6.45) is 1.84. The quantitative estimate of drug-likeness (QED) is 0.771. The third-order valence-corrected chi connectivity index (χ3v) is 4.43. The van der Waals surface area contributed by atoms with Gasteiger partial charge in [0.2, 0.25) is 5.89 Å². The van der Waals surface area contributed by atoms with E-state index in [2.05, 4.69) is 25.8 Å². The van der Waals surface area contributed by atoms with Crippen LogP contribution in [0.5, 0.6) is 0 Å². The zero-order valence-electron chi connectivity index (χ0n) is 13.9. The van der Waals surface area contributed by atoms with Crippen LogP contribution in [-0.4, -0.2) is 47.6 Å². The number of piperazine rings is 1. The molecule has 6 nitrogen and oxygen atoms in total. The number of pyridine rings is 1. The Balaban J connectivity index is 0.00000182. The normalized spacial score (nSPS) is 16.6. The number of rotatable bonds is 4. The summed E-state index contributed by atoms with van der Waals surface area (Å²) in [7, 11) is 0. The molecule has 0 spiro atoms. The van der Waals surface area contributed by atoms with E-state index in [4.69, 9.17) is 10.2 Å². The smallest absolute Gasteiger partial charge is 0.213 e. The summed E-state index contributed by atoms with van der Waals surface area (Å²) >= 11 is 0. The highest BCUT2D eigenvalue weighted by Gasteiger charge is 2.22. The van der Waals surface area contributed by atoms with Gasteiger partial charge in [-0.3, -0.25) is 4.90 Å². The molecule has 1 unspecified atom stereocenters. The van der Waals surface area contributed by atoms with E-state index >= 15 is 0 Å². The molecule has 0 radical (unpaired) electrons. The highest BCUT2D eigenvalue weighted by molar-refractivity contribution is 5.85. The molecule has 0 saturated carbocycles. The number of halogens is 1. The Hall–Kier alpha value is -2.15. The number of benzene rings is 1.